The van der Waals surface area contributed by atoms with Gasteiger partial charge in [0.15, 0.2) is 0 Å². The summed E-state index contributed by atoms with van der Waals surface area (Å²) >= 11 is 0. The Morgan fingerprint density at radius 3 is 2.68 bits per heavy atom. The van der Waals surface area contributed by atoms with E-state index in [2.05, 4.69) is 11.9 Å². The highest BCUT2D eigenvalue weighted by Crippen LogP contribution is 2.29. The SMILES string of the molecule is CCC1CCC(N(C)C(=O)c2cccnc2N)CC1. The molecule has 0 spiro atoms. The zero-order chi connectivity index (χ0) is 13.8. The molecule has 1 fully saturated rings. The lowest BCUT2D eigenvalue weighted by Crippen LogP contribution is -2.39. The van der Waals surface area contributed by atoms with Crippen LogP contribution >= 0.6 is 0 Å². The Hall–Kier alpha value is -1.58. The molecule has 2 rings (SSSR count). The van der Waals surface area contributed by atoms with E-state index < -0.39 is 0 Å². The summed E-state index contributed by atoms with van der Waals surface area (Å²) in [5.74, 6) is 1.15. The van der Waals surface area contributed by atoms with Crippen LogP contribution in [0.2, 0.25) is 0 Å². The second-order valence-electron chi connectivity index (χ2n) is 5.44. The lowest BCUT2D eigenvalue weighted by atomic mass is 9.84. The minimum Gasteiger partial charge on any atom is -0.383 e. The predicted molar refractivity (Wildman–Crippen MR) is 76.8 cm³/mol. The number of carbonyl (C=O) groups is 1. The molecule has 1 aromatic rings. The summed E-state index contributed by atoms with van der Waals surface area (Å²) in [4.78, 5) is 18.3. The zero-order valence-electron chi connectivity index (χ0n) is 11.8. The number of rotatable bonds is 3. The topological polar surface area (TPSA) is 59.2 Å². The van der Waals surface area contributed by atoms with E-state index in [0.29, 0.717) is 17.4 Å². The summed E-state index contributed by atoms with van der Waals surface area (Å²) in [6.07, 6.45) is 7.50. The van der Waals surface area contributed by atoms with Gasteiger partial charge in [0.1, 0.15) is 5.82 Å². The fourth-order valence-corrected chi connectivity index (χ4v) is 2.89. The Balaban J connectivity index is 2.02. The number of nitrogen functional groups attached to an aromatic ring is 1. The van der Waals surface area contributed by atoms with Crippen LogP contribution in [-0.4, -0.2) is 28.9 Å². The molecule has 1 saturated carbocycles. The van der Waals surface area contributed by atoms with Gasteiger partial charge >= 0.3 is 0 Å². The fraction of sp³-hybridized carbons (Fsp3) is 0.600. The van der Waals surface area contributed by atoms with E-state index in [1.165, 1.54) is 19.3 Å². The maximum absolute atomic E-state index is 12.4. The molecule has 4 heteroatoms. The Morgan fingerprint density at radius 1 is 1.42 bits per heavy atom. The highest BCUT2D eigenvalue weighted by atomic mass is 16.2. The summed E-state index contributed by atoms with van der Waals surface area (Å²) in [6, 6.07) is 3.85. The number of pyridine rings is 1. The standard InChI is InChI=1S/C15H23N3O/c1-3-11-6-8-12(9-7-11)18(2)15(19)13-5-4-10-17-14(13)16/h4-5,10-12H,3,6-9H2,1-2H3,(H2,16,17). The van der Waals surface area contributed by atoms with Gasteiger partial charge < -0.3 is 10.6 Å². The number of anilines is 1. The monoisotopic (exact) mass is 261 g/mol. The molecule has 0 aromatic carbocycles. The average molecular weight is 261 g/mol. The summed E-state index contributed by atoms with van der Waals surface area (Å²) in [5.41, 5.74) is 6.29. The van der Waals surface area contributed by atoms with Crippen molar-refractivity contribution in [2.45, 2.75) is 45.1 Å². The normalized spacial score (nSPS) is 23.1. The van der Waals surface area contributed by atoms with Crippen LogP contribution in [0.15, 0.2) is 18.3 Å². The number of hydrogen-bond acceptors (Lipinski definition) is 3. The molecule has 1 heterocycles. The number of amides is 1. The lowest BCUT2D eigenvalue weighted by molar-refractivity contribution is 0.0675. The van der Waals surface area contributed by atoms with Crippen molar-refractivity contribution in [3.05, 3.63) is 23.9 Å². The van der Waals surface area contributed by atoms with Crippen molar-refractivity contribution >= 4 is 11.7 Å². The van der Waals surface area contributed by atoms with Gasteiger partial charge in [0.2, 0.25) is 0 Å². The highest BCUT2D eigenvalue weighted by molar-refractivity contribution is 5.98. The third kappa shape index (κ3) is 3.06. The van der Waals surface area contributed by atoms with Crippen LogP contribution in [0.1, 0.15) is 49.4 Å². The molecule has 1 aromatic heterocycles. The van der Waals surface area contributed by atoms with Gasteiger partial charge in [0.25, 0.3) is 5.91 Å². The van der Waals surface area contributed by atoms with Gasteiger partial charge in [-0.1, -0.05) is 13.3 Å². The zero-order valence-corrected chi connectivity index (χ0v) is 11.8. The summed E-state index contributed by atoms with van der Waals surface area (Å²) in [7, 11) is 1.88. The van der Waals surface area contributed by atoms with E-state index in [0.717, 1.165) is 18.8 Å². The number of hydrogen-bond donors (Lipinski definition) is 1. The quantitative estimate of drug-likeness (QED) is 0.910. The smallest absolute Gasteiger partial charge is 0.257 e. The molecule has 19 heavy (non-hydrogen) atoms. The van der Waals surface area contributed by atoms with Crippen LogP contribution < -0.4 is 5.73 Å². The second-order valence-corrected chi connectivity index (χ2v) is 5.44. The molecule has 0 aliphatic heterocycles. The van der Waals surface area contributed by atoms with Crippen LogP contribution in [0, 0.1) is 5.92 Å². The van der Waals surface area contributed by atoms with E-state index in [1.54, 1.807) is 18.3 Å². The molecule has 2 N–H and O–H groups in total. The van der Waals surface area contributed by atoms with E-state index in [-0.39, 0.29) is 5.91 Å². The lowest BCUT2D eigenvalue weighted by Gasteiger charge is -2.34. The third-order valence-electron chi connectivity index (χ3n) is 4.33. The van der Waals surface area contributed by atoms with Crippen molar-refractivity contribution in [1.82, 2.24) is 9.88 Å². The maximum Gasteiger partial charge on any atom is 0.257 e. The van der Waals surface area contributed by atoms with Gasteiger partial charge in [-0.05, 0) is 43.7 Å². The summed E-state index contributed by atoms with van der Waals surface area (Å²) < 4.78 is 0. The van der Waals surface area contributed by atoms with Crippen molar-refractivity contribution in [2.24, 2.45) is 5.92 Å². The Labute approximate surface area is 115 Å². The van der Waals surface area contributed by atoms with Crippen LogP contribution in [0.25, 0.3) is 0 Å². The van der Waals surface area contributed by atoms with Crippen molar-refractivity contribution in [3.8, 4) is 0 Å². The number of aromatic nitrogens is 1. The Morgan fingerprint density at radius 2 is 2.11 bits per heavy atom. The van der Waals surface area contributed by atoms with E-state index in [1.807, 2.05) is 11.9 Å². The van der Waals surface area contributed by atoms with Gasteiger partial charge in [0, 0.05) is 19.3 Å². The molecule has 1 aliphatic rings. The van der Waals surface area contributed by atoms with Crippen LogP contribution in [-0.2, 0) is 0 Å². The predicted octanol–water partition coefficient (Wildman–Crippen LogP) is 2.70. The molecule has 0 bridgehead atoms. The number of carbonyl (C=O) groups excluding carboxylic acids is 1. The maximum atomic E-state index is 12.4. The van der Waals surface area contributed by atoms with Gasteiger partial charge in [-0.3, -0.25) is 4.79 Å². The first-order valence-electron chi connectivity index (χ1n) is 7.11. The molecule has 0 radical (unpaired) electrons. The van der Waals surface area contributed by atoms with Crippen molar-refractivity contribution < 1.29 is 4.79 Å². The molecule has 4 nitrogen and oxygen atoms in total. The van der Waals surface area contributed by atoms with E-state index in [4.69, 9.17) is 5.73 Å². The second kappa shape index (κ2) is 6.04. The van der Waals surface area contributed by atoms with Crippen molar-refractivity contribution in [3.63, 3.8) is 0 Å². The molecule has 0 unspecified atom stereocenters. The van der Waals surface area contributed by atoms with Gasteiger partial charge in [-0.2, -0.15) is 0 Å². The molecular formula is C15H23N3O. The Bertz CT molecular complexity index is 439. The molecule has 104 valence electrons. The average Bonchev–Trinajstić information content (AvgIpc) is 2.46. The first-order valence-corrected chi connectivity index (χ1v) is 7.11. The van der Waals surface area contributed by atoms with Crippen LogP contribution in [0.5, 0.6) is 0 Å². The van der Waals surface area contributed by atoms with E-state index in [9.17, 15) is 4.79 Å². The van der Waals surface area contributed by atoms with Crippen molar-refractivity contribution in [2.75, 3.05) is 12.8 Å². The number of nitrogens with two attached hydrogens (primary N) is 1. The highest BCUT2D eigenvalue weighted by Gasteiger charge is 2.27. The summed E-state index contributed by atoms with van der Waals surface area (Å²) in [6.45, 7) is 2.25. The van der Waals surface area contributed by atoms with E-state index >= 15 is 0 Å². The summed E-state index contributed by atoms with van der Waals surface area (Å²) in [5, 5.41) is 0. The fourth-order valence-electron chi connectivity index (χ4n) is 2.89. The first kappa shape index (κ1) is 13.8. The minimum atomic E-state index is -0.00875. The largest absolute Gasteiger partial charge is 0.383 e. The van der Waals surface area contributed by atoms with Crippen molar-refractivity contribution in [1.29, 1.82) is 0 Å². The molecule has 0 saturated heterocycles. The van der Waals surface area contributed by atoms with Crippen LogP contribution in [0.3, 0.4) is 0 Å². The molecular weight excluding hydrogens is 238 g/mol. The third-order valence-corrected chi connectivity index (χ3v) is 4.33. The van der Waals surface area contributed by atoms with Gasteiger partial charge in [0.05, 0.1) is 5.56 Å². The van der Waals surface area contributed by atoms with Gasteiger partial charge in [-0.15, -0.1) is 0 Å². The first-order chi connectivity index (χ1) is 9.13. The Kier molecular flexibility index (Phi) is 4.40. The molecule has 1 aliphatic carbocycles. The van der Waals surface area contributed by atoms with Crippen LogP contribution in [0.4, 0.5) is 5.82 Å². The number of nitrogens with zero attached hydrogens (tertiary/aromatic N) is 2. The minimum absolute atomic E-state index is 0.00875. The molecule has 1 amide bonds. The molecule has 0 atom stereocenters. The van der Waals surface area contributed by atoms with Gasteiger partial charge in [-0.25, -0.2) is 4.98 Å².